The molecule has 0 saturated heterocycles. The Hall–Kier alpha value is -1.88. The van der Waals surface area contributed by atoms with E-state index in [0.717, 1.165) is 32.8 Å². The Balaban J connectivity index is 2.22. The van der Waals surface area contributed by atoms with Gasteiger partial charge in [-0.25, -0.2) is 0 Å². The Morgan fingerprint density at radius 1 is 0.950 bits per heavy atom. The standard InChI is InChI=1S/C15H15BrN4/c1-10-9-14(13-7-5-4-6-8-13)20(17-10)19-12(3)15(16)11(2)18-19/h4-9H,1-3H3. The van der Waals surface area contributed by atoms with Gasteiger partial charge < -0.3 is 0 Å². The summed E-state index contributed by atoms with van der Waals surface area (Å²) >= 11 is 3.56. The van der Waals surface area contributed by atoms with Gasteiger partial charge in [0.25, 0.3) is 0 Å². The Kier molecular flexibility index (Phi) is 3.22. The zero-order valence-corrected chi connectivity index (χ0v) is 13.2. The summed E-state index contributed by atoms with van der Waals surface area (Å²) in [5, 5.41) is 9.12. The zero-order valence-electron chi connectivity index (χ0n) is 11.6. The van der Waals surface area contributed by atoms with Gasteiger partial charge in [0.05, 0.1) is 27.2 Å². The largest absolute Gasteiger partial charge is 0.155 e. The second-order valence-electron chi connectivity index (χ2n) is 4.80. The molecule has 0 amide bonds. The first-order chi connectivity index (χ1) is 9.58. The Labute approximate surface area is 126 Å². The molecule has 0 bridgehead atoms. The highest BCUT2D eigenvalue weighted by atomic mass is 79.9. The molecule has 0 saturated carbocycles. The average Bonchev–Trinajstić information content (AvgIpc) is 2.95. The molecule has 0 aliphatic carbocycles. The van der Waals surface area contributed by atoms with Gasteiger partial charge >= 0.3 is 0 Å². The molecular formula is C15H15BrN4. The van der Waals surface area contributed by atoms with Gasteiger partial charge in [-0.15, -0.1) is 0 Å². The molecule has 0 unspecified atom stereocenters. The molecule has 20 heavy (non-hydrogen) atoms. The molecule has 2 aromatic heterocycles. The van der Waals surface area contributed by atoms with Gasteiger partial charge in [-0.3, -0.25) is 0 Å². The topological polar surface area (TPSA) is 35.6 Å². The van der Waals surface area contributed by atoms with Crippen LogP contribution in [-0.2, 0) is 0 Å². The van der Waals surface area contributed by atoms with Crippen molar-refractivity contribution < 1.29 is 0 Å². The summed E-state index contributed by atoms with van der Waals surface area (Å²) in [6.45, 7) is 5.99. The summed E-state index contributed by atoms with van der Waals surface area (Å²) < 4.78 is 1.02. The van der Waals surface area contributed by atoms with E-state index in [1.807, 2.05) is 48.6 Å². The van der Waals surface area contributed by atoms with Crippen LogP contribution >= 0.6 is 15.9 Å². The van der Waals surface area contributed by atoms with Crippen LogP contribution in [-0.4, -0.2) is 19.8 Å². The molecule has 0 radical (unpaired) electrons. The maximum atomic E-state index is 4.57. The van der Waals surface area contributed by atoms with Crippen LogP contribution in [0.4, 0.5) is 0 Å². The Morgan fingerprint density at radius 3 is 2.25 bits per heavy atom. The minimum Gasteiger partial charge on any atom is -0.155 e. The van der Waals surface area contributed by atoms with E-state index in [2.05, 4.69) is 44.3 Å². The number of halogens is 1. The molecule has 5 heteroatoms. The molecule has 0 N–H and O–H groups in total. The maximum Gasteiger partial charge on any atom is 0.0947 e. The van der Waals surface area contributed by atoms with Crippen LogP contribution in [0.3, 0.4) is 0 Å². The van der Waals surface area contributed by atoms with Gasteiger partial charge in [0.15, 0.2) is 0 Å². The second kappa shape index (κ2) is 4.90. The third-order valence-corrected chi connectivity index (χ3v) is 4.39. The average molecular weight is 331 g/mol. The molecule has 1 aromatic carbocycles. The highest BCUT2D eigenvalue weighted by Crippen LogP contribution is 2.24. The first-order valence-electron chi connectivity index (χ1n) is 6.42. The van der Waals surface area contributed by atoms with Crippen molar-refractivity contribution in [2.75, 3.05) is 0 Å². The molecule has 4 nitrogen and oxygen atoms in total. The molecule has 0 aliphatic rings. The maximum absolute atomic E-state index is 4.57. The van der Waals surface area contributed by atoms with Crippen molar-refractivity contribution in [2.45, 2.75) is 20.8 Å². The summed E-state index contributed by atoms with van der Waals surface area (Å²) in [5.41, 5.74) is 5.10. The highest BCUT2D eigenvalue weighted by Gasteiger charge is 2.15. The van der Waals surface area contributed by atoms with Gasteiger partial charge in [-0.1, -0.05) is 30.3 Å². The Morgan fingerprint density at radius 2 is 1.65 bits per heavy atom. The van der Waals surface area contributed by atoms with Crippen molar-refractivity contribution in [3.05, 3.63) is 58.0 Å². The third-order valence-electron chi connectivity index (χ3n) is 3.24. The second-order valence-corrected chi connectivity index (χ2v) is 5.59. The predicted octanol–water partition coefficient (Wildman–Crippen LogP) is 3.75. The minimum absolute atomic E-state index is 0.953. The van der Waals surface area contributed by atoms with E-state index >= 15 is 0 Å². The SMILES string of the molecule is Cc1cc(-c2ccccc2)n(-n2nc(C)c(Br)c2C)n1. The molecule has 0 atom stereocenters. The number of aromatic nitrogens is 4. The first-order valence-corrected chi connectivity index (χ1v) is 7.21. The fourth-order valence-electron chi connectivity index (χ4n) is 2.23. The molecule has 0 spiro atoms. The van der Waals surface area contributed by atoms with Gasteiger partial charge in [0, 0.05) is 5.56 Å². The number of hydrogen-bond acceptors (Lipinski definition) is 2. The molecule has 0 aliphatic heterocycles. The van der Waals surface area contributed by atoms with Crippen molar-refractivity contribution >= 4 is 15.9 Å². The summed E-state index contributed by atoms with van der Waals surface area (Å²) in [4.78, 5) is 3.67. The predicted molar refractivity (Wildman–Crippen MR) is 82.6 cm³/mol. The summed E-state index contributed by atoms with van der Waals surface area (Å²) in [6, 6.07) is 12.3. The van der Waals surface area contributed by atoms with Crippen LogP contribution in [0.5, 0.6) is 0 Å². The van der Waals surface area contributed by atoms with Gasteiger partial charge in [-0.2, -0.15) is 19.8 Å². The van der Waals surface area contributed by atoms with Crippen LogP contribution in [0, 0.1) is 20.8 Å². The van der Waals surface area contributed by atoms with Crippen LogP contribution < -0.4 is 0 Å². The lowest BCUT2D eigenvalue weighted by Crippen LogP contribution is -2.16. The van der Waals surface area contributed by atoms with E-state index in [-0.39, 0.29) is 0 Å². The van der Waals surface area contributed by atoms with E-state index < -0.39 is 0 Å². The lowest BCUT2D eigenvalue weighted by molar-refractivity contribution is 0.495. The van der Waals surface area contributed by atoms with Gasteiger partial charge in [-0.05, 0) is 42.8 Å². The van der Waals surface area contributed by atoms with E-state index in [0.29, 0.717) is 0 Å². The van der Waals surface area contributed by atoms with Crippen molar-refractivity contribution in [1.29, 1.82) is 0 Å². The van der Waals surface area contributed by atoms with Crippen molar-refractivity contribution in [3.8, 4) is 11.3 Å². The molecule has 2 heterocycles. The monoisotopic (exact) mass is 330 g/mol. The van der Waals surface area contributed by atoms with Gasteiger partial charge in [0.1, 0.15) is 0 Å². The minimum atomic E-state index is 0.953. The summed E-state index contributed by atoms with van der Waals surface area (Å²) in [6.07, 6.45) is 0. The van der Waals surface area contributed by atoms with Crippen LogP contribution in [0.2, 0.25) is 0 Å². The number of rotatable bonds is 2. The Bertz CT molecular complexity index is 756. The van der Waals surface area contributed by atoms with Crippen molar-refractivity contribution in [1.82, 2.24) is 19.8 Å². The smallest absolute Gasteiger partial charge is 0.0947 e. The van der Waals surface area contributed by atoms with Crippen LogP contribution in [0.1, 0.15) is 17.1 Å². The van der Waals surface area contributed by atoms with Crippen LogP contribution in [0.15, 0.2) is 40.9 Å². The van der Waals surface area contributed by atoms with E-state index in [1.165, 1.54) is 0 Å². The van der Waals surface area contributed by atoms with Crippen molar-refractivity contribution in [2.24, 2.45) is 0 Å². The highest BCUT2D eigenvalue weighted by molar-refractivity contribution is 9.10. The van der Waals surface area contributed by atoms with Gasteiger partial charge in [0.2, 0.25) is 0 Å². The normalized spacial score (nSPS) is 11.0. The lowest BCUT2D eigenvalue weighted by Gasteiger charge is -2.09. The summed E-state index contributed by atoms with van der Waals surface area (Å²) in [5.74, 6) is 0. The van der Waals surface area contributed by atoms with E-state index in [1.54, 1.807) is 0 Å². The number of aryl methyl sites for hydroxylation is 2. The molecule has 3 rings (SSSR count). The fraction of sp³-hybridized carbons (Fsp3) is 0.200. The van der Waals surface area contributed by atoms with E-state index in [9.17, 15) is 0 Å². The van der Waals surface area contributed by atoms with Crippen LogP contribution in [0.25, 0.3) is 11.3 Å². The summed E-state index contributed by atoms with van der Waals surface area (Å²) in [7, 11) is 0. The fourth-order valence-corrected chi connectivity index (χ4v) is 2.47. The molecule has 3 aromatic rings. The van der Waals surface area contributed by atoms with E-state index in [4.69, 9.17) is 0 Å². The number of benzene rings is 1. The van der Waals surface area contributed by atoms with Crippen molar-refractivity contribution in [3.63, 3.8) is 0 Å². The number of nitrogens with zero attached hydrogens (tertiary/aromatic N) is 4. The zero-order chi connectivity index (χ0) is 14.3. The molecular weight excluding hydrogens is 316 g/mol. The molecule has 0 fully saturated rings. The molecule has 102 valence electrons. The lowest BCUT2D eigenvalue weighted by atomic mass is 10.1. The number of hydrogen-bond donors (Lipinski definition) is 0. The quantitative estimate of drug-likeness (QED) is 0.717. The third kappa shape index (κ3) is 2.08. The first kappa shape index (κ1) is 13.1.